The zero-order valence-electron chi connectivity index (χ0n) is 15.8. The van der Waals surface area contributed by atoms with E-state index in [0.29, 0.717) is 36.3 Å². The smallest absolute Gasteiger partial charge is 0.240 e. The highest BCUT2D eigenvalue weighted by Gasteiger charge is 2.26. The van der Waals surface area contributed by atoms with E-state index in [9.17, 15) is 4.79 Å². The normalized spacial score (nSPS) is 15.6. The molecule has 0 saturated carbocycles. The van der Waals surface area contributed by atoms with Crippen LogP contribution in [0, 0.1) is 12.8 Å². The van der Waals surface area contributed by atoms with Gasteiger partial charge in [-0.05, 0) is 38.4 Å². The Morgan fingerprint density at radius 1 is 1.18 bits per heavy atom. The van der Waals surface area contributed by atoms with E-state index in [4.69, 9.17) is 9.05 Å². The highest BCUT2D eigenvalue weighted by Crippen LogP contribution is 2.21. The van der Waals surface area contributed by atoms with Gasteiger partial charge in [0.15, 0.2) is 11.6 Å². The Balaban J connectivity index is 1.25. The first-order chi connectivity index (χ1) is 13.7. The Labute approximate surface area is 162 Å². The SMILES string of the molecule is Cc1cc(NC(=O)C2CCN(Cc3nc(Cc4ccccc4)no3)CC2)no1. The maximum absolute atomic E-state index is 12.4. The molecular formula is C20H23N5O3. The van der Waals surface area contributed by atoms with Crippen LogP contribution in [0.4, 0.5) is 5.82 Å². The molecule has 0 bridgehead atoms. The molecule has 2 aromatic heterocycles. The molecule has 1 N–H and O–H groups in total. The van der Waals surface area contributed by atoms with Gasteiger partial charge in [-0.15, -0.1) is 0 Å². The third kappa shape index (κ3) is 4.64. The van der Waals surface area contributed by atoms with Gasteiger partial charge in [0.1, 0.15) is 5.76 Å². The van der Waals surface area contributed by atoms with Crippen LogP contribution in [-0.4, -0.2) is 39.2 Å². The van der Waals surface area contributed by atoms with E-state index in [-0.39, 0.29) is 11.8 Å². The lowest BCUT2D eigenvalue weighted by molar-refractivity contribution is -0.121. The number of nitrogens with one attached hydrogen (secondary N) is 1. The molecule has 3 aromatic rings. The van der Waals surface area contributed by atoms with E-state index >= 15 is 0 Å². The summed E-state index contributed by atoms with van der Waals surface area (Å²) in [7, 11) is 0. The van der Waals surface area contributed by atoms with Gasteiger partial charge in [0.2, 0.25) is 11.8 Å². The molecule has 1 fully saturated rings. The van der Waals surface area contributed by atoms with E-state index in [1.54, 1.807) is 13.0 Å². The predicted molar refractivity (Wildman–Crippen MR) is 101 cm³/mol. The van der Waals surface area contributed by atoms with Crippen molar-refractivity contribution in [2.24, 2.45) is 5.92 Å². The standard InChI is InChI=1S/C20H23N5O3/c1-14-11-17(23-27-14)22-20(26)16-7-9-25(10-8-16)13-19-21-18(24-28-19)12-15-5-3-2-4-6-15/h2-6,11,16H,7-10,12-13H2,1H3,(H,22,23,26). The molecule has 4 rings (SSSR count). The molecule has 0 unspecified atom stereocenters. The van der Waals surface area contributed by atoms with Gasteiger partial charge in [-0.3, -0.25) is 9.69 Å². The number of piperidine rings is 1. The fourth-order valence-electron chi connectivity index (χ4n) is 3.40. The number of aromatic nitrogens is 3. The first kappa shape index (κ1) is 18.4. The molecular weight excluding hydrogens is 358 g/mol. The maximum Gasteiger partial charge on any atom is 0.240 e. The monoisotopic (exact) mass is 381 g/mol. The van der Waals surface area contributed by atoms with Crippen molar-refractivity contribution in [3.8, 4) is 0 Å². The summed E-state index contributed by atoms with van der Waals surface area (Å²) in [6, 6.07) is 11.8. The molecule has 28 heavy (non-hydrogen) atoms. The van der Waals surface area contributed by atoms with Crippen LogP contribution in [-0.2, 0) is 17.8 Å². The Bertz CT molecular complexity index is 913. The van der Waals surface area contributed by atoms with Crippen molar-refractivity contribution in [1.82, 2.24) is 20.2 Å². The molecule has 1 aromatic carbocycles. The zero-order valence-corrected chi connectivity index (χ0v) is 15.8. The summed E-state index contributed by atoms with van der Waals surface area (Å²) in [5.41, 5.74) is 1.16. The van der Waals surface area contributed by atoms with E-state index in [1.165, 1.54) is 0 Å². The van der Waals surface area contributed by atoms with Gasteiger partial charge in [-0.1, -0.05) is 40.6 Å². The Morgan fingerprint density at radius 3 is 2.68 bits per heavy atom. The number of nitrogens with zero attached hydrogens (tertiary/aromatic N) is 4. The number of carbonyl (C=O) groups is 1. The summed E-state index contributed by atoms with van der Waals surface area (Å²) in [4.78, 5) is 19.1. The maximum atomic E-state index is 12.4. The van der Waals surface area contributed by atoms with Crippen LogP contribution in [0.1, 0.15) is 35.9 Å². The van der Waals surface area contributed by atoms with Gasteiger partial charge in [0, 0.05) is 18.4 Å². The topological polar surface area (TPSA) is 97.3 Å². The zero-order chi connectivity index (χ0) is 19.3. The highest BCUT2D eigenvalue weighted by atomic mass is 16.5. The van der Waals surface area contributed by atoms with Crippen LogP contribution >= 0.6 is 0 Å². The molecule has 8 nitrogen and oxygen atoms in total. The molecule has 8 heteroatoms. The van der Waals surface area contributed by atoms with Crippen LogP contribution in [0.3, 0.4) is 0 Å². The molecule has 146 valence electrons. The number of carbonyl (C=O) groups excluding carboxylic acids is 1. The largest absolute Gasteiger partial charge is 0.360 e. The van der Waals surface area contributed by atoms with E-state index in [0.717, 1.165) is 31.5 Å². The lowest BCUT2D eigenvalue weighted by Crippen LogP contribution is -2.37. The number of likely N-dealkylation sites (tertiary alicyclic amines) is 1. The van der Waals surface area contributed by atoms with Crippen molar-refractivity contribution >= 4 is 11.7 Å². The average molecular weight is 381 g/mol. The first-order valence-corrected chi connectivity index (χ1v) is 9.47. The van der Waals surface area contributed by atoms with Crippen LogP contribution in [0.2, 0.25) is 0 Å². The average Bonchev–Trinajstić information content (AvgIpc) is 3.32. The third-order valence-electron chi connectivity index (χ3n) is 4.91. The van der Waals surface area contributed by atoms with Crippen molar-refractivity contribution < 1.29 is 13.8 Å². The number of aryl methyl sites for hydroxylation is 1. The van der Waals surface area contributed by atoms with Crippen LogP contribution in [0.5, 0.6) is 0 Å². The summed E-state index contributed by atoms with van der Waals surface area (Å²) in [5, 5.41) is 10.7. The number of benzene rings is 1. The number of anilines is 1. The van der Waals surface area contributed by atoms with Crippen LogP contribution in [0.25, 0.3) is 0 Å². The van der Waals surface area contributed by atoms with Gasteiger partial charge in [0.05, 0.1) is 6.54 Å². The molecule has 3 heterocycles. The van der Waals surface area contributed by atoms with Gasteiger partial charge in [0.25, 0.3) is 0 Å². The van der Waals surface area contributed by atoms with E-state index < -0.39 is 0 Å². The minimum atomic E-state index is -0.0235. The third-order valence-corrected chi connectivity index (χ3v) is 4.91. The second-order valence-electron chi connectivity index (χ2n) is 7.13. The number of hydrogen-bond donors (Lipinski definition) is 1. The minimum absolute atomic E-state index is 0.00381. The lowest BCUT2D eigenvalue weighted by Gasteiger charge is -2.29. The van der Waals surface area contributed by atoms with Crippen LogP contribution < -0.4 is 5.32 Å². The second-order valence-corrected chi connectivity index (χ2v) is 7.13. The van der Waals surface area contributed by atoms with Crippen molar-refractivity contribution in [3.63, 3.8) is 0 Å². The fourth-order valence-corrected chi connectivity index (χ4v) is 3.40. The van der Waals surface area contributed by atoms with Gasteiger partial charge in [-0.25, -0.2) is 0 Å². The van der Waals surface area contributed by atoms with Crippen molar-refractivity contribution in [3.05, 3.63) is 59.4 Å². The predicted octanol–water partition coefficient (Wildman–Crippen LogP) is 2.81. The fraction of sp³-hybridized carbons (Fsp3) is 0.400. The Hall–Kier alpha value is -3.00. The Morgan fingerprint density at radius 2 is 1.96 bits per heavy atom. The van der Waals surface area contributed by atoms with Crippen molar-refractivity contribution in [2.45, 2.75) is 32.7 Å². The molecule has 0 spiro atoms. The molecule has 1 aliphatic rings. The quantitative estimate of drug-likeness (QED) is 0.701. The van der Waals surface area contributed by atoms with Gasteiger partial charge >= 0.3 is 0 Å². The summed E-state index contributed by atoms with van der Waals surface area (Å²) in [6.07, 6.45) is 2.23. The molecule has 0 radical (unpaired) electrons. The van der Waals surface area contributed by atoms with Crippen molar-refractivity contribution in [2.75, 3.05) is 18.4 Å². The van der Waals surface area contributed by atoms with E-state index in [1.807, 2.05) is 30.3 Å². The Kier molecular flexibility index (Phi) is 5.48. The number of hydrogen-bond acceptors (Lipinski definition) is 7. The minimum Gasteiger partial charge on any atom is -0.360 e. The lowest BCUT2D eigenvalue weighted by atomic mass is 9.96. The highest BCUT2D eigenvalue weighted by molar-refractivity contribution is 5.91. The number of rotatable bonds is 6. The molecule has 1 amide bonds. The van der Waals surface area contributed by atoms with Gasteiger partial charge < -0.3 is 14.4 Å². The second kappa shape index (κ2) is 8.35. The summed E-state index contributed by atoms with van der Waals surface area (Å²) in [6.45, 7) is 4.03. The number of amides is 1. The van der Waals surface area contributed by atoms with E-state index in [2.05, 4.69) is 25.5 Å². The summed E-state index contributed by atoms with van der Waals surface area (Å²) in [5.74, 6) is 2.43. The molecule has 1 aliphatic heterocycles. The summed E-state index contributed by atoms with van der Waals surface area (Å²) >= 11 is 0. The molecule has 0 aliphatic carbocycles. The molecule has 0 atom stereocenters. The molecule has 1 saturated heterocycles. The van der Waals surface area contributed by atoms with Gasteiger partial charge in [-0.2, -0.15) is 4.98 Å². The summed E-state index contributed by atoms with van der Waals surface area (Å²) < 4.78 is 10.4. The first-order valence-electron chi connectivity index (χ1n) is 9.47. The van der Waals surface area contributed by atoms with Crippen LogP contribution in [0.15, 0.2) is 45.4 Å². The van der Waals surface area contributed by atoms with Crippen molar-refractivity contribution in [1.29, 1.82) is 0 Å².